The Kier molecular flexibility index (Phi) is 5.40. The molecule has 0 aromatic heterocycles. The van der Waals surface area contributed by atoms with E-state index >= 15 is 0 Å². The summed E-state index contributed by atoms with van der Waals surface area (Å²) in [5.41, 5.74) is 1.81. The lowest BCUT2D eigenvalue weighted by molar-refractivity contribution is 0.0938. The molecule has 0 saturated heterocycles. The minimum atomic E-state index is -0.00681. The summed E-state index contributed by atoms with van der Waals surface area (Å²) in [5.74, 6) is 0.426. The molecule has 0 aliphatic heterocycles. The van der Waals surface area contributed by atoms with Gasteiger partial charge in [-0.25, -0.2) is 0 Å². The molecule has 0 saturated carbocycles. The zero-order chi connectivity index (χ0) is 14.5. The molecule has 0 heterocycles. The van der Waals surface area contributed by atoms with E-state index in [0.717, 1.165) is 12.2 Å². The summed E-state index contributed by atoms with van der Waals surface area (Å²) in [5, 5.41) is 6.24. The first-order chi connectivity index (χ1) is 8.86. The number of para-hydroxylation sites is 1. The van der Waals surface area contributed by atoms with Crippen LogP contribution in [-0.2, 0) is 0 Å². The van der Waals surface area contributed by atoms with E-state index in [4.69, 9.17) is 0 Å². The summed E-state index contributed by atoms with van der Waals surface area (Å²) in [6.07, 6.45) is 0. The van der Waals surface area contributed by atoms with Crippen molar-refractivity contribution in [2.75, 3.05) is 18.4 Å². The second kappa shape index (κ2) is 6.60. The Balaban J connectivity index is 2.69. The molecule has 3 heteroatoms. The first kappa shape index (κ1) is 15.5. The van der Waals surface area contributed by atoms with Gasteiger partial charge in [0, 0.05) is 18.8 Å². The summed E-state index contributed by atoms with van der Waals surface area (Å²) in [6.45, 7) is 12.3. The van der Waals surface area contributed by atoms with E-state index in [1.807, 2.05) is 31.2 Å². The van der Waals surface area contributed by atoms with Gasteiger partial charge >= 0.3 is 0 Å². The minimum absolute atomic E-state index is 0.00681. The van der Waals surface area contributed by atoms with Crippen LogP contribution < -0.4 is 10.6 Å². The Hall–Kier alpha value is -1.51. The molecule has 106 valence electrons. The predicted octanol–water partition coefficient (Wildman–Crippen LogP) is 3.53. The number of amides is 1. The molecule has 19 heavy (non-hydrogen) atoms. The number of rotatable bonds is 5. The van der Waals surface area contributed by atoms with Crippen LogP contribution in [0, 0.1) is 11.3 Å². The largest absolute Gasteiger partial charge is 0.385 e. The van der Waals surface area contributed by atoms with Crippen LogP contribution >= 0.6 is 0 Å². The number of carbonyl (C=O) groups is 1. The van der Waals surface area contributed by atoms with Crippen molar-refractivity contribution in [2.45, 2.75) is 34.6 Å². The highest BCUT2D eigenvalue weighted by Crippen LogP contribution is 2.24. The highest BCUT2D eigenvalue weighted by molar-refractivity contribution is 5.99. The molecule has 0 aliphatic rings. The average Bonchev–Trinajstić information content (AvgIpc) is 2.35. The monoisotopic (exact) mass is 262 g/mol. The van der Waals surface area contributed by atoms with Gasteiger partial charge in [-0.15, -0.1) is 0 Å². The van der Waals surface area contributed by atoms with Crippen LogP contribution in [0.1, 0.15) is 45.0 Å². The number of anilines is 1. The summed E-state index contributed by atoms with van der Waals surface area (Å²) in [7, 11) is 0. The van der Waals surface area contributed by atoms with Crippen LogP contribution in [0.15, 0.2) is 24.3 Å². The van der Waals surface area contributed by atoms with Crippen molar-refractivity contribution < 1.29 is 4.79 Å². The zero-order valence-electron chi connectivity index (χ0n) is 12.7. The minimum Gasteiger partial charge on any atom is -0.385 e. The fourth-order valence-electron chi connectivity index (χ4n) is 1.67. The van der Waals surface area contributed by atoms with Crippen LogP contribution in [-0.4, -0.2) is 19.0 Å². The van der Waals surface area contributed by atoms with Crippen molar-refractivity contribution in [3.05, 3.63) is 29.8 Å². The molecule has 1 rings (SSSR count). The van der Waals surface area contributed by atoms with Crippen molar-refractivity contribution in [2.24, 2.45) is 11.3 Å². The van der Waals surface area contributed by atoms with Crippen molar-refractivity contribution in [1.29, 1.82) is 0 Å². The number of nitrogens with one attached hydrogen (secondary N) is 2. The van der Waals surface area contributed by atoms with E-state index in [1.54, 1.807) is 0 Å². The Morgan fingerprint density at radius 1 is 1.26 bits per heavy atom. The van der Waals surface area contributed by atoms with E-state index in [1.165, 1.54) is 0 Å². The Morgan fingerprint density at radius 3 is 2.47 bits per heavy atom. The first-order valence-electron chi connectivity index (χ1n) is 6.97. The maximum Gasteiger partial charge on any atom is 0.253 e. The molecule has 0 bridgehead atoms. The Labute approximate surface area is 116 Å². The molecule has 1 aromatic carbocycles. The van der Waals surface area contributed by atoms with Gasteiger partial charge in [0.2, 0.25) is 0 Å². The lowest BCUT2D eigenvalue weighted by atomic mass is 9.82. The van der Waals surface area contributed by atoms with Crippen LogP contribution in [0.5, 0.6) is 0 Å². The van der Waals surface area contributed by atoms with Crippen LogP contribution in [0.4, 0.5) is 5.69 Å². The van der Waals surface area contributed by atoms with Gasteiger partial charge in [0.1, 0.15) is 0 Å². The highest BCUT2D eigenvalue weighted by Gasteiger charge is 2.21. The quantitative estimate of drug-likeness (QED) is 0.852. The average molecular weight is 262 g/mol. The fraction of sp³-hybridized carbons (Fsp3) is 0.562. The smallest absolute Gasteiger partial charge is 0.253 e. The molecule has 0 radical (unpaired) electrons. The van der Waals surface area contributed by atoms with Crippen molar-refractivity contribution in [3.63, 3.8) is 0 Å². The normalized spacial score (nSPS) is 12.9. The van der Waals surface area contributed by atoms with Gasteiger partial charge in [-0.1, -0.05) is 39.8 Å². The molecule has 2 N–H and O–H groups in total. The maximum absolute atomic E-state index is 12.2. The van der Waals surface area contributed by atoms with Crippen LogP contribution in [0.25, 0.3) is 0 Å². The standard InChI is InChI=1S/C16H26N2O/c1-6-17-14-10-8-7-9-13(14)15(19)18-11-12(2)16(3,4)5/h7-10,12,17H,6,11H2,1-5H3,(H,18,19). The topological polar surface area (TPSA) is 41.1 Å². The van der Waals surface area contributed by atoms with Crippen LogP contribution in [0.3, 0.4) is 0 Å². The third-order valence-corrected chi connectivity index (χ3v) is 3.59. The summed E-state index contributed by atoms with van der Waals surface area (Å²) in [4.78, 5) is 12.2. The molecule has 1 atom stereocenters. The van der Waals surface area contributed by atoms with Gasteiger partial charge in [0.25, 0.3) is 5.91 Å². The van der Waals surface area contributed by atoms with Gasteiger partial charge in [-0.3, -0.25) is 4.79 Å². The number of benzene rings is 1. The van der Waals surface area contributed by atoms with Crippen molar-refractivity contribution >= 4 is 11.6 Å². The van der Waals surface area contributed by atoms with E-state index in [-0.39, 0.29) is 11.3 Å². The van der Waals surface area contributed by atoms with E-state index in [0.29, 0.717) is 18.0 Å². The van der Waals surface area contributed by atoms with Crippen LogP contribution in [0.2, 0.25) is 0 Å². The van der Waals surface area contributed by atoms with Gasteiger partial charge in [0.05, 0.1) is 5.56 Å². The SMILES string of the molecule is CCNc1ccccc1C(=O)NCC(C)C(C)(C)C. The third-order valence-electron chi connectivity index (χ3n) is 3.59. The molecule has 1 amide bonds. The molecule has 3 nitrogen and oxygen atoms in total. The zero-order valence-corrected chi connectivity index (χ0v) is 12.7. The number of carbonyl (C=O) groups excluding carboxylic acids is 1. The summed E-state index contributed by atoms with van der Waals surface area (Å²) < 4.78 is 0. The van der Waals surface area contributed by atoms with Gasteiger partial charge in [0.15, 0.2) is 0 Å². The summed E-state index contributed by atoms with van der Waals surface area (Å²) >= 11 is 0. The molecular formula is C16H26N2O. The van der Waals surface area contributed by atoms with E-state index in [2.05, 4.69) is 38.3 Å². The summed E-state index contributed by atoms with van der Waals surface area (Å²) in [6, 6.07) is 7.62. The van der Waals surface area contributed by atoms with E-state index < -0.39 is 0 Å². The third kappa shape index (κ3) is 4.58. The number of hydrogen-bond acceptors (Lipinski definition) is 2. The molecule has 0 spiro atoms. The van der Waals surface area contributed by atoms with Crippen molar-refractivity contribution in [3.8, 4) is 0 Å². The van der Waals surface area contributed by atoms with Gasteiger partial charge in [-0.05, 0) is 30.4 Å². The van der Waals surface area contributed by atoms with Gasteiger partial charge in [-0.2, -0.15) is 0 Å². The molecule has 0 fully saturated rings. The molecular weight excluding hydrogens is 236 g/mol. The predicted molar refractivity (Wildman–Crippen MR) is 81.6 cm³/mol. The second-order valence-electron chi connectivity index (χ2n) is 6.05. The lowest BCUT2D eigenvalue weighted by Crippen LogP contribution is -2.34. The second-order valence-corrected chi connectivity index (χ2v) is 6.05. The molecule has 0 aliphatic carbocycles. The lowest BCUT2D eigenvalue weighted by Gasteiger charge is -2.27. The maximum atomic E-state index is 12.2. The molecule has 1 aromatic rings. The number of hydrogen-bond donors (Lipinski definition) is 2. The highest BCUT2D eigenvalue weighted by atomic mass is 16.1. The van der Waals surface area contributed by atoms with E-state index in [9.17, 15) is 4.79 Å². The van der Waals surface area contributed by atoms with Gasteiger partial charge < -0.3 is 10.6 Å². The molecule has 1 unspecified atom stereocenters. The Morgan fingerprint density at radius 2 is 1.89 bits per heavy atom. The van der Waals surface area contributed by atoms with Crippen molar-refractivity contribution in [1.82, 2.24) is 5.32 Å². The Bertz CT molecular complexity index is 421. The fourth-order valence-corrected chi connectivity index (χ4v) is 1.67. The first-order valence-corrected chi connectivity index (χ1v) is 6.97.